The van der Waals surface area contributed by atoms with Crippen LogP contribution < -0.4 is 0 Å². The van der Waals surface area contributed by atoms with E-state index in [9.17, 15) is 4.79 Å². The zero-order valence-corrected chi connectivity index (χ0v) is 14.0. The Morgan fingerprint density at radius 2 is 1.67 bits per heavy atom. The number of hydrogen-bond acceptors (Lipinski definition) is 2. The SMILES string of the molecule is C.Cc1ccc(-c2nc3ccc(C)cn3c2CC(=O)N(C)C)cc1. The maximum atomic E-state index is 12.3. The Kier molecular flexibility index (Phi) is 5.07. The lowest BCUT2D eigenvalue weighted by Crippen LogP contribution is -2.24. The van der Waals surface area contributed by atoms with Crippen LogP contribution in [0.5, 0.6) is 0 Å². The summed E-state index contributed by atoms with van der Waals surface area (Å²) in [5, 5.41) is 0. The number of fused-ring (bicyclic) bond motifs is 1. The molecule has 0 aliphatic rings. The van der Waals surface area contributed by atoms with E-state index < -0.39 is 0 Å². The van der Waals surface area contributed by atoms with Crippen LogP contribution in [0, 0.1) is 13.8 Å². The Labute approximate surface area is 143 Å². The Bertz CT molecular complexity index is 860. The predicted molar refractivity (Wildman–Crippen MR) is 99.2 cm³/mol. The van der Waals surface area contributed by atoms with E-state index in [4.69, 9.17) is 4.98 Å². The number of aromatic nitrogens is 2. The minimum Gasteiger partial charge on any atom is -0.348 e. The molecule has 2 heterocycles. The van der Waals surface area contributed by atoms with Crippen molar-refractivity contribution in [3.05, 3.63) is 59.4 Å². The maximum absolute atomic E-state index is 12.3. The molecule has 4 heteroatoms. The van der Waals surface area contributed by atoms with Gasteiger partial charge in [-0.25, -0.2) is 4.98 Å². The fourth-order valence-corrected chi connectivity index (χ4v) is 2.61. The van der Waals surface area contributed by atoms with Gasteiger partial charge < -0.3 is 9.30 Å². The fourth-order valence-electron chi connectivity index (χ4n) is 2.61. The molecule has 24 heavy (non-hydrogen) atoms. The van der Waals surface area contributed by atoms with Crippen LogP contribution in [0.1, 0.15) is 24.2 Å². The molecule has 0 saturated heterocycles. The summed E-state index contributed by atoms with van der Waals surface area (Å²) in [6, 6.07) is 12.3. The first kappa shape index (κ1) is 17.7. The number of benzene rings is 1. The third kappa shape index (κ3) is 3.32. The molecule has 0 saturated carbocycles. The van der Waals surface area contributed by atoms with Gasteiger partial charge in [0.2, 0.25) is 5.91 Å². The van der Waals surface area contributed by atoms with Crippen LogP contribution in [-0.4, -0.2) is 34.3 Å². The predicted octanol–water partition coefficient (Wildman–Crippen LogP) is 3.88. The van der Waals surface area contributed by atoms with Crippen molar-refractivity contribution in [3.8, 4) is 11.3 Å². The number of carbonyl (C=O) groups is 1. The van der Waals surface area contributed by atoms with Crippen molar-refractivity contribution in [2.75, 3.05) is 14.1 Å². The highest BCUT2D eigenvalue weighted by Crippen LogP contribution is 2.26. The van der Waals surface area contributed by atoms with E-state index in [0.29, 0.717) is 6.42 Å². The molecule has 3 rings (SSSR count). The van der Waals surface area contributed by atoms with Gasteiger partial charge >= 0.3 is 0 Å². The molecule has 4 nitrogen and oxygen atoms in total. The monoisotopic (exact) mass is 323 g/mol. The summed E-state index contributed by atoms with van der Waals surface area (Å²) < 4.78 is 2.03. The van der Waals surface area contributed by atoms with Gasteiger partial charge in [-0.15, -0.1) is 0 Å². The van der Waals surface area contributed by atoms with Gasteiger partial charge in [0, 0.05) is 25.9 Å². The molecule has 2 aromatic heterocycles. The summed E-state index contributed by atoms with van der Waals surface area (Å²) in [5.74, 6) is 0.0710. The van der Waals surface area contributed by atoms with E-state index in [1.54, 1.807) is 19.0 Å². The highest BCUT2D eigenvalue weighted by atomic mass is 16.2. The van der Waals surface area contributed by atoms with Gasteiger partial charge in [-0.2, -0.15) is 0 Å². The molecule has 1 aromatic carbocycles. The van der Waals surface area contributed by atoms with Crippen molar-refractivity contribution >= 4 is 11.6 Å². The van der Waals surface area contributed by atoms with Crippen LogP contribution in [-0.2, 0) is 11.2 Å². The second-order valence-corrected chi connectivity index (χ2v) is 6.17. The largest absolute Gasteiger partial charge is 0.348 e. The van der Waals surface area contributed by atoms with Gasteiger partial charge in [0.05, 0.1) is 17.8 Å². The van der Waals surface area contributed by atoms with Crippen molar-refractivity contribution in [1.29, 1.82) is 0 Å². The van der Waals surface area contributed by atoms with Crippen molar-refractivity contribution in [1.82, 2.24) is 14.3 Å². The third-order valence-electron chi connectivity index (χ3n) is 4.01. The van der Waals surface area contributed by atoms with Crippen LogP contribution in [0.4, 0.5) is 0 Å². The number of rotatable bonds is 3. The second-order valence-electron chi connectivity index (χ2n) is 6.17. The lowest BCUT2D eigenvalue weighted by atomic mass is 10.1. The molecule has 1 amide bonds. The van der Waals surface area contributed by atoms with Crippen LogP contribution in [0.2, 0.25) is 0 Å². The normalized spacial score (nSPS) is 10.5. The molecule has 0 bridgehead atoms. The zero-order valence-electron chi connectivity index (χ0n) is 14.0. The van der Waals surface area contributed by atoms with Gasteiger partial charge in [0.25, 0.3) is 0 Å². The minimum absolute atomic E-state index is 0. The first-order chi connectivity index (χ1) is 11.0. The molecule has 0 atom stereocenters. The van der Waals surface area contributed by atoms with E-state index >= 15 is 0 Å². The summed E-state index contributed by atoms with van der Waals surface area (Å²) in [4.78, 5) is 18.6. The number of pyridine rings is 1. The van der Waals surface area contributed by atoms with E-state index in [0.717, 1.165) is 28.2 Å². The molecule has 0 N–H and O–H groups in total. The van der Waals surface area contributed by atoms with Crippen molar-refractivity contribution in [2.45, 2.75) is 27.7 Å². The summed E-state index contributed by atoms with van der Waals surface area (Å²) in [6.07, 6.45) is 2.37. The lowest BCUT2D eigenvalue weighted by Gasteiger charge is -2.11. The fraction of sp³-hybridized carbons (Fsp3) is 0.300. The molecule has 0 spiro atoms. The summed E-state index contributed by atoms with van der Waals surface area (Å²) in [5.41, 5.74) is 6.08. The highest BCUT2D eigenvalue weighted by Gasteiger charge is 2.18. The summed E-state index contributed by atoms with van der Waals surface area (Å²) in [6.45, 7) is 4.11. The van der Waals surface area contributed by atoms with E-state index in [1.807, 2.05) is 29.7 Å². The van der Waals surface area contributed by atoms with E-state index in [1.165, 1.54) is 5.56 Å². The quantitative estimate of drug-likeness (QED) is 0.733. The Balaban J connectivity index is 0.00000208. The number of nitrogens with zero attached hydrogens (tertiary/aromatic N) is 3. The third-order valence-corrected chi connectivity index (χ3v) is 4.01. The highest BCUT2D eigenvalue weighted by molar-refractivity contribution is 5.81. The number of likely N-dealkylation sites (N-methyl/N-ethyl adjacent to an activating group) is 1. The van der Waals surface area contributed by atoms with Crippen LogP contribution in [0.3, 0.4) is 0 Å². The van der Waals surface area contributed by atoms with Crippen molar-refractivity contribution < 1.29 is 4.79 Å². The molecule has 0 unspecified atom stereocenters. The molecular weight excluding hydrogens is 298 g/mol. The van der Waals surface area contributed by atoms with Crippen LogP contribution in [0.15, 0.2) is 42.6 Å². The average molecular weight is 323 g/mol. The number of aryl methyl sites for hydroxylation is 2. The first-order valence-electron chi connectivity index (χ1n) is 7.70. The number of imidazole rings is 1. The van der Waals surface area contributed by atoms with Crippen molar-refractivity contribution in [3.63, 3.8) is 0 Å². The standard InChI is InChI=1S/C19H21N3O.CH4/c1-13-5-8-15(9-6-13)19-16(11-18(23)21(3)4)22-12-14(2)7-10-17(22)20-19;/h5-10,12H,11H2,1-4H3;1H4. The number of carbonyl (C=O) groups excluding carboxylic acids is 1. The Morgan fingerprint density at radius 1 is 1.04 bits per heavy atom. The molecular formula is C20H25N3O. The van der Waals surface area contributed by atoms with Crippen LogP contribution in [0.25, 0.3) is 16.9 Å². The van der Waals surface area contributed by atoms with Gasteiger partial charge in [-0.1, -0.05) is 43.3 Å². The summed E-state index contributed by atoms with van der Waals surface area (Å²) in [7, 11) is 3.56. The lowest BCUT2D eigenvalue weighted by molar-refractivity contribution is -0.128. The Morgan fingerprint density at radius 3 is 2.29 bits per heavy atom. The van der Waals surface area contributed by atoms with E-state index in [-0.39, 0.29) is 13.3 Å². The molecule has 3 aromatic rings. The number of amides is 1. The molecule has 0 fully saturated rings. The maximum Gasteiger partial charge on any atom is 0.228 e. The molecule has 126 valence electrons. The minimum atomic E-state index is 0. The van der Waals surface area contributed by atoms with Crippen molar-refractivity contribution in [2.24, 2.45) is 0 Å². The average Bonchev–Trinajstić information content (AvgIpc) is 2.86. The summed E-state index contributed by atoms with van der Waals surface area (Å²) >= 11 is 0. The first-order valence-corrected chi connectivity index (χ1v) is 7.70. The van der Waals surface area contributed by atoms with Gasteiger partial charge in [-0.05, 0) is 25.5 Å². The zero-order chi connectivity index (χ0) is 16.6. The Hall–Kier alpha value is -2.62. The number of hydrogen-bond donors (Lipinski definition) is 0. The van der Waals surface area contributed by atoms with Gasteiger partial charge in [0.15, 0.2) is 0 Å². The van der Waals surface area contributed by atoms with Gasteiger partial charge in [-0.3, -0.25) is 4.79 Å². The van der Waals surface area contributed by atoms with Gasteiger partial charge in [0.1, 0.15) is 5.65 Å². The smallest absolute Gasteiger partial charge is 0.228 e. The van der Waals surface area contributed by atoms with Crippen LogP contribution >= 0.6 is 0 Å². The second kappa shape index (κ2) is 6.87. The van der Waals surface area contributed by atoms with E-state index in [2.05, 4.69) is 31.2 Å². The molecule has 0 aliphatic heterocycles. The molecule has 0 radical (unpaired) electrons. The molecule has 0 aliphatic carbocycles. The topological polar surface area (TPSA) is 37.6 Å².